The van der Waals surface area contributed by atoms with E-state index in [0.717, 1.165) is 18.8 Å². The molecular formula is C31H34N2O5. The highest BCUT2D eigenvalue weighted by Gasteiger charge is 2.47. The second-order valence-corrected chi connectivity index (χ2v) is 9.69. The van der Waals surface area contributed by atoms with E-state index in [1.54, 1.807) is 48.5 Å². The quantitative estimate of drug-likeness (QED) is 0.210. The summed E-state index contributed by atoms with van der Waals surface area (Å²) in [5, 5.41) is 21.6. The van der Waals surface area contributed by atoms with Crippen molar-refractivity contribution in [3.05, 3.63) is 89.5 Å². The van der Waals surface area contributed by atoms with Gasteiger partial charge in [-0.05, 0) is 73.9 Å². The third kappa shape index (κ3) is 5.37. The van der Waals surface area contributed by atoms with Gasteiger partial charge in [0, 0.05) is 30.0 Å². The molecule has 1 aliphatic heterocycles. The minimum Gasteiger partial charge on any atom is -0.508 e. The summed E-state index contributed by atoms with van der Waals surface area (Å²) in [6.07, 6.45) is 0. The predicted molar refractivity (Wildman–Crippen MR) is 150 cm³/mol. The van der Waals surface area contributed by atoms with Crippen LogP contribution in [0.5, 0.6) is 11.5 Å². The molecule has 1 fully saturated rings. The lowest BCUT2D eigenvalue weighted by Gasteiger charge is -2.27. The number of nitrogens with zero attached hydrogens (tertiary/aromatic N) is 2. The number of Topliss-reactive ketones (excluding diaryl/α,β-unsaturated/α-hetero) is 1. The molecule has 1 aliphatic rings. The maximum absolute atomic E-state index is 13.4. The number of amides is 1. The molecule has 3 aromatic rings. The Labute approximate surface area is 223 Å². The van der Waals surface area contributed by atoms with Crippen molar-refractivity contribution in [2.24, 2.45) is 5.92 Å². The van der Waals surface area contributed by atoms with Crippen LogP contribution < -0.4 is 14.5 Å². The van der Waals surface area contributed by atoms with Gasteiger partial charge in [-0.15, -0.1) is 0 Å². The molecule has 7 nitrogen and oxygen atoms in total. The van der Waals surface area contributed by atoms with Crippen molar-refractivity contribution in [2.45, 2.75) is 33.7 Å². The first kappa shape index (κ1) is 26.8. The first-order chi connectivity index (χ1) is 18.2. The lowest BCUT2D eigenvalue weighted by molar-refractivity contribution is -0.132. The summed E-state index contributed by atoms with van der Waals surface area (Å²) in [5.41, 5.74) is 2.35. The number of ether oxygens (including phenoxy) is 1. The fourth-order valence-electron chi connectivity index (χ4n) is 4.67. The van der Waals surface area contributed by atoms with Crippen LogP contribution in [0, 0.1) is 5.92 Å². The third-order valence-corrected chi connectivity index (χ3v) is 6.58. The van der Waals surface area contributed by atoms with Gasteiger partial charge in [0.1, 0.15) is 17.3 Å². The van der Waals surface area contributed by atoms with Gasteiger partial charge in [-0.1, -0.05) is 38.1 Å². The number of carbonyl (C=O) groups excluding carboxylic acids is 2. The summed E-state index contributed by atoms with van der Waals surface area (Å²) in [5.74, 6) is -0.975. The first-order valence-corrected chi connectivity index (χ1v) is 12.9. The lowest BCUT2D eigenvalue weighted by atomic mass is 9.95. The van der Waals surface area contributed by atoms with E-state index >= 15 is 0 Å². The van der Waals surface area contributed by atoms with Crippen molar-refractivity contribution in [3.8, 4) is 11.5 Å². The van der Waals surface area contributed by atoms with Crippen LogP contribution in [0.1, 0.15) is 44.9 Å². The number of hydrogen-bond donors (Lipinski definition) is 2. The van der Waals surface area contributed by atoms with Gasteiger partial charge in [-0.3, -0.25) is 14.5 Å². The molecular weight excluding hydrogens is 480 g/mol. The smallest absolute Gasteiger partial charge is 0.300 e. The number of aliphatic hydroxyl groups is 1. The second-order valence-electron chi connectivity index (χ2n) is 9.69. The number of aromatic hydroxyl groups is 1. The van der Waals surface area contributed by atoms with Crippen molar-refractivity contribution in [3.63, 3.8) is 0 Å². The van der Waals surface area contributed by atoms with Crippen molar-refractivity contribution in [2.75, 3.05) is 29.5 Å². The van der Waals surface area contributed by atoms with E-state index in [1.165, 1.54) is 17.0 Å². The average molecular weight is 515 g/mol. The van der Waals surface area contributed by atoms with Crippen molar-refractivity contribution >= 4 is 28.8 Å². The number of phenols is 1. The molecule has 1 atom stereocenters. The fraction of sp³-hybridized carbons (Fsp3) is 0.290. The third-order valence-electron chi connectivity index (χ3n) is 6.58. The van der Waals surface area contributed by atoms with Crippen LogP contribution in [0.25, 0.3) is 5.76 Å². The standard InChI is InChI=1S/C31H34N2O5/c1-5-32(6-2)23-13-15-24(16-14-23)33-28(21-9-7-11-25(34)17-21)27(30(36)31(33)37)29(35)22-10-8-12-26(18-22)38-19-20(3)4/h7-18,20,28,34-35H,5-6,19H2,1-4H3/b29-27-. The number of hydrogen-bond acceptors (Lipinski definition) is 6. The van der Waals surface area contributed by atoms with Gasteiger partial charge in [0.15, 0.2) is 0 Å². The Bertz CT molecular complexity index is 1340. The highest BCUT2D eigenvalue weighted by molar-refractivity contribution is 6.51. The van der Waals surface area contributed by atoms with Gasteiger partial charge in [-0.25, -0.2) is 0 Å². The zero-order valence-corrected chi connectivity index (χ0v) is 22.2. The summed E-state index contributed by atoms with van der Waals surface area (Å²) in [4.78, 5) is 30.4. The van der Waals surface area contributed by atoms with Crippen molar-refractivity contribution < 1.29 is 24.5 Å². The van der Waals surface area contributed by atoms with Gasteiger partial charge in [0.25, 0.3) is 11.7 Å². The molecule has 198 valence electrons. The molecule has 4 rings (SSSR count). The molecule has 0 saturated carbocycles. The largest absolute Gasteiger partial charge is 0.508 e. The fourth-order valence-corrected chi connectivity index (χ4v) is 4.67. The average Bonchev–Trinajstić information content (AvgIpc) is 3.18. The van der Waals surface area contributed by atoms with Crippen molar-refractivity contribution in [1.29, 1.82) is 0 Å². The number of ketones is 1. The lowest BCUT2D eigenvalue weighted by Crippen LogP contribution is -2.29. The zero-order chi connectivity index (χ0) is 27.4. The number of carbonyl (C=O) groups is 2. The normalized spacial score (nSPS) is 16.8. The molecule has 2 N–H and O–H groups in total. The molecule has 0 spiro atoms. The molecule has 0 aromatic heterocycles. The van der Waals surface area contributed by atoms with Crippen LogP contribution in [0.2, 0.25) is 0 Å². The molecule has 0 radical (unpaired) electrons. The van der Waals surface area contributed by atoms with Crippen LogP contribution >= 0.6 is 0 Å². The van der Waals surface area contributed by atoms with Crippen LogP contribution in [-0.4, -0.2) is 41.6 Å². The van der Waals surface area contributed by atoms with E-state index < -0.39 is 17.7 Å². The van der Waals surface area contributed by atoms with Crippen molar-refractivity contribution in [1.82, 2.24) is 0 Å². The Morgan fingerprint density at radius 2 is 1.66 bits per heavy atom. The monoisotopic (exact) mass is 514 g/mol. The molecule has 3 aromatic carbocycles. The Balaban J connectivity index is 1.83. The number of aliphatic hydroxyl groups excluding tert-OH is 1. The van der Waals surface area contributed by atoms with E-state index in [1.807, 2.05) is 26.0 Å². The maximum Gasteiger partial charge on any atom is 0.300 e. The highest BCUT2D eigenvalue weighted by Crippen LogP contribution is 2.43. The number of anilines is 2. The zero-order valence-electron chi connectivity index (χ0n) is 22.2. The van der Waals surface area contributed by atoms with Crippen LogP contribution in [0.15, 0.2) is 78.4 Å². The summed E-state index contributed by atoms with van der Waals surface area (Å²) >= 11 is 0. The van der Waals surface area contributed by atoms with Gasteiger partial charge in [0.05, 0.1) is 18.2 Å². The predicted octanol–water partition coefficient (Wildman–Crippen LogP) is 5.90. The molecule has 1 saturated heterocycles. The van der Waals surface area contributed by atoms with Gasteiger partial charge < -0.3 is 19.8 Å². The summed E-state index contributed by atoms with van der Waals surface area (Å²) in [6.45, 7) is 10.4. The molecule has 0 bridgehead atoms. The number of rotatable bonds is 9. The summed E-state index contributed by atoms with van der Waals surface area (Å²) < 4.78 is 5.80. The first-order valence-electron chi connectivity index (χ1n) is 12.9. The number of phenolic OH excluding ortho intramolecular Hbond substituents is 1. The van der Waals surface area contributed by atoms with E-state index in [9.17, 15) is 19.8 Å². The summed E-state index contributed by atoms with van der Waals surface area (Å²) in [7, 11) is 0. The topological polar surface area (TPSA) is 90.3 Å². The minimum absolute atomic E-state index is 0.00551. The molecule has 7 heteroatoms. The SMILES string of the molecule is CCN(CC)c1ccc(N2C(=O)C(=O)/C(=C(\O)c3cccc(OCC(C)C)c3)C2c2cccc(O)c2)cc1. The van der Waals surface area contributed by atoms with E-state index in [4.69, 9.17) is 4.74 Å². The number of benzene rings is 3. The molecule has 1 amide bonds. The second kappa shape index (κ2) is 11.4. The maximum atomic E-state index is 13.4. The van der Waals surface area contributed by atoms with Gasteiger partial charge >= 0.3 is 0 Å². The van der Waals surface area contributed by atoms with Crippen LogP contribution in [0.3, 0.4) is 0 Å². The molecule has 38 heavy (non-hydrogen) atoms. The van der Waals surface area contributed by atoms with Crippen LogP contribution in [0.4, 0.5) is 11.4 Å². The summed E-state index contributed by atoms with van der Waals surface area (Å²) in [6, 6.07) is 19.7. The van der Waals surface area contributed by atoms with Gasteiger partial charge in [0.2, 0.25) is 0 Å². The Morgan fingerprint density at radius 1 is 0.974 bits per heavy atom. The van der Waals surface area contributed by atoms with Gasteiger partial charge in [-0.2, -0.15) is 0 Å². The van der Waals surface area contributed by atoms with E-state index in [-0.39, 0.29) is 17.1 Å². The minimum atomic E-state index is -0.929. The molecule has 1 heterocycles. The Morgan fingerprint density at radius 3 is 2.29 bits per heavy atom. The molecule has 1 unspecified atom stereocenters. The Hall–Kier alpha value is -4.26. The Kier molecular flexibility index (Phi) is 8.05. The van der Waals surface area contributed by atoms with Crippen LogP contribution in [-0.2, 0) is 9.59 Å². The molecule has 0 aliphatic carbocycles. The van der Waals surface area contributed by atoms with E-state index in [2.05, 4.69) is 18.7 Å². The van der Waals surface area contributed by atoms with E-state index in [0.29, 0.717) is 35.1 Å². The highest BCUT2D eigenvalue weighted by atomic mass is 16.5.